The summed E-state index contributed by atoms with van der Waals surface area (Å²) in [6.07, 6.45) is 5.27. The first kappa shape index (κ1) is 17.0. The lowest BCUT2D eigenvalue weighted by molar-refractivity contribution is -0.107. The molecule has 0 saturated heterocycles. The van der Waals surface area contributed by atoms with Crippen molar-refractivity contribution in [1.29, 1.82) is 0 Å². The first-order valence-corrected chi connectivity index (χ1v) is 7.84. The zero-order valence-corrected chi connectivity index (χ0v) is 13.2. The normalized spacial score (nSPS) is 13.2. The van der Waals surface area contributed by atoms with Gasteiger partial charge in [0.05, 0.1) is 4.90 Å². The van der Waals surface area contributed by atoms with E-state index in [9.17, 15) is 4.21 Å². The van der Waals surface area contributed by atoms with Crippen LogP contribution in [0, 0.1) is 6.92 Å². The van der Waals surface area contributed by atoms with Crippen molar-refractivity contribution in [3.05, 3.63) is 29.8 Å². The highest BCUT2D eigenvalue weighted by Gasteiger charge is 2.03. The fourth-order valence-corrected chi connectivity index (χ4v) is 2.45. The Kier molecular flexibility index (Phi) is 8.34. The summed E-state index contributed by atoms with van der Waals surface area (Å²) in [5.41, 5.74) is 1.15. The number of hydrogen-bond donors (Lipinski definition) is 0. The molecular weight excluding hydrogens is 274 g/mol. The molecule has 1 aromatic rings. The molecule has 1 unspecified atom stereocenters. The maximum atomic E-state index is 11.9. The number of unbranched alkanes of at least 4 members (excludes halogenated alkanes) is 2. The van der Waals surface area contributed by atoms with Crippen LogP contribution in [0.5, 0.6) is 0 Å². The van der Waals surface area contributed by atoms with E-state index in [1.807, 2.05) is 31.2 Å². The van der Waals surface area contributed by atoms with Crippen molar-refractivity contribution in [2.24, 2.45) is 4.40 Å². The van der Waals surface area contributed by atoms with Gasteiger partial charge >= 0.3 is 0 Å². The number of hydrogen-bond acceptors (Lipinski definition) is 3. The Hall–Kier alpha value is -1.04. The highest BCUT2D eigenvalue weighted by molar-refractivity contribution is 7.83. The van der Waals surface area contributed by atoms with Gasteiger partial charge in [0.25, 0.3) is 0 Å². The van der Waals surface area contributed by atoms with Crippen molar-refractivity contribution >= 4 is 17.2 Å². The van der Waals surface area contributed by atoms with Crippen molar-refractivity contribution in [3.8, 4) is 0 Å². The molecule has 1 atom stereocenters. The molecule has 0 aliphatic heterocycles. The van der Waals surface area contributed by atoms with E-state index in [-0.39, 0.29) is 6.29 Å². The molecule has 0 aromatic heterocycles. The average molecular weight is 297 g/mol. The fourth-order valence-electron chi connectivity index (χ4n) is 1.71. The predicted octanol–water partition coefficient (Wildman–Crippen LogP) is 3.27. The van der Waals surface area contributed by atoms with Crippen LogP contribution < -0.4 is 0 Å². The Bertz CT molecular complexity index is 427. The molecule has 0 aliphatic rings. The molecule has 5 heteroatoms. The van der Waals surface area contributed by atoms with E-state index in [1.165, 1.54) is 0 Å². The zero-order valence-electron chi connectivity index (χ0n) is 12.4. The zero-order chi connectivity index (χ0) is 14.8. The Morgan fingerprint density at radius 3 is 2.45 bits per heavy atom. The highest BCUT2D eigenvalue weighted by Crippen LogP contribution is 2.10. The molecule has 0 amide bonds. The topological polar surface area (TPSA) is 47.9 Å². The third kappa shape index (κ3) is 6.41. The summed E-state index contributed by atoms with van der Waals surface area (Å²) in [6.45, 7) is 2.00. The van der Waals surface area contributed by atoms with Crippen LogP contribution in [-0.4, -0.2) is 30.9 Å². The average Bonchev–Trinajstić information content (AvgIpc) is 2.47. The summed E-state index contributed by atoms with van der Waals surface area (Å²) < 4.78 is 26.1. The van der Waals surface area contributed by atoms with Gasteiger partial charge in [0.1, 0.15) is 0 Å². The second kappa shape index (κ2) is 9.80. The van der Waals surface area contributed by atoms with Gasteiger partial charge in [-0.3, -0.25) is 0 Å². The van der Waals surface area contributed by atoms with Crippen LogP contribution in [0.4, 0.5) is 0 Å². The van der Waals surface area contributed by atoms with Crippen molar-refractivity contribution in [3.63, 3.8) is 0 Å². The van der Waals surface area contributed by atoms with Crippen LogP contribution in [-0.2, 0) is 20.5 Å². The molecule has 4 nitrogen and oxygen atoms in total. The lowest BCUT2D eigenvalue weighted by Crippen LogP contribution is -2.12. The second-order valence-electron chi connectivity index (χ2n) is 4.54. The van der Waals surface area contributed by atoms with Crippen LogP contribution in [0.25, 0.3) is 0 Å². The van der Waals surface area contributed by atoms with E-state index in [2.05, 4.69) is 4.40 Å². The molecule has 112 valence electrons. The van der Waals surface area contributed by atoms with Crippen LogP contribution in [0.2, 0.25) is 0 Å². The van der Waals surface area contributed by atoms with Gasteiger partial charge in [-0.15, -0.1) is 0 Å². The number of aryl methyl sites for hydroxylation is 1. The van der Waals surface area contributed by atoms with Crippen LogP contribution >= 0.6 is 0 Å². The first-order chi connectivity index (χ1) is 9.67. The Balaban J connectivity index is 2.24. The lowest BCUT2D eigenvalue weighted by atomic mass is 10.2. The van der Waals surface area contributed by atoms with Crippen LogP contribution in [0.3, 0.4) is 0 Å². The quantitative estimate of drug-likeness (QED) is 0.399. The number of ether oxygens (including phenoxy) is 2. The summed E-state index contributed by atoms with van der Waals surface area (Å²) in [6, 6.07) is 7.59. The number of benzene rings is 1. The molecule has 0 radical (unpaired) electrons. The monoisotopic (exact) mass is 297 g/mol. The second-order valence-corrected chi connectivity index (χ2v) is 5.72. The van der Waals surface area contributed by atoms with Gasteiger partial charge in [-0.2, -0.15) is 4.40 Å². The maximum absolute atomic E-state index is 11.9. The molecular formula is C15H23NO3S. The largest absolute Gasteiger partial charge is 0.356 e. The van der Waals surface area contributed by atoms with Crippen molar-refractivity contribution < 1.29 is 13.7 Å². The fraction of sp³-hybridized carbons (Fsp3) is 0.533. The summed E-state index contributed by atoms with van der Waals surface area (Å²) in [5, 5.41) is 0. The molecule has 0 heterocycles. The molecule has 1 aromatic carbocycles. The van der Waals surface area contributed by atoms with E-state index in [0.29, 0.717) is 0 Å². The SMILES string of the molecule is COC(CCCC/C=N/S(=O)c1ccc(C)cc1)OC. The molecule has 0 aliphatic carbocycles. The van der Waals surface area contributed by atoms with Crippen molar-refractivity contribution in [2.75, 3.05) is 14.2 Å². The molecule has 20 heavy (non-hydrogen) atoms. The highest BCUT2D eigenvalue weighted by atomic mass is 32.2. The molecule has 0 fully saturated rings. The Morgan fingerprint density at radius 1 is 1.20 bits per heavy atom. The number of methoxy groups -OCH3 is 2. The number of rotatable bonds is 9. The minimum atomic E-state index is -1.29. The van der Waals surface area contributed by atoms with E-state index in [0.717, 1.165) is 36.1 Å². The van der Waals surface area contributed by atoms with Crippen molar-refractivity contribution in [2.45, 2.75) is 43.8 Å². The van der Waals surface area contributed by atoms with Gasteiger partial charge in [0.2, 0.25) is 0 Å². The predicted molar refractivity (Wildman–Crippen MR) is 82.4 cm³/mol. The van der Waals surface area contributed by atoms with Gasteiger partial charge in [-0.1, -0.05) is 17.7 Å². The minimum Gasteiger partial charge on any atom is -0.356 e. The van der Waals surface area contributed by atoms with Gasteiger partial charge in [0.15, 0.2) is 17.3 Å². The summed E-state index contributed by atoms with van der Waals surface area (Å²) in [7, 11) is 1.99. The minimum absolute atomic E-state index is 0.131. The number of nitrogens with zero attached hydrogens (tertiary/aromatic N) is 1. The smallest absolute Gasteiger partial charge is 0.172 e. The Labute approximate surface area is 123 Å². The van der Waals surface area contributed by atoms with Gasteiger partial charge in [0, 0.05) is 20.4 Å². The van der Waals surface area contributed by atoms with Gasteiger partial charge in [-0.25, -0.2) is 4.21 Å². The Morgan fingerprint density at radius 2 is 1.85 bits per heavy atom. The van der Waals surface area contributed by atoms with E-state index >= 15 is 0 Å². The summed E-state index contributed by atoms with van der Waals surface area (Å²) >= 11 is 0. The lowest BCUT2D eigenvalue weighted by Gasteiger charge is -2.11. The first-order valence-electron chi connectivity index (χ1n) is 6.74. The van der Waals surface area contributed by atoms with E-state index < -0.39 is 11.0 Å². The van der Waals surface area contributed by atoms with Gasteiger partial charge in [-0.05, 0) is 44.7 Å². The van der Waals surface area contributed by atoms with Crippen LogP contribution in [0.1, 0.15) is 31.2 Å². The van der Waals surface area contributed by atoms with Gasteiger partial charge < -0.3 is 9.47 Å². The standard InChI is InChI=1S/C15H23NO3S/c1-13-8-10-14(11-9-13)20(17)16-12-6-4-5-7-15(18-2)19-3/h8-12,15H,4-7H2,1-3H3/b16-12+. The molecule has 0 spiro atoms. The van der Waals surface area contributed by atoms with Crippen LogP contribution in [0.15, 0.2) is 33.6 Å². The third-order valence-electron chi connectivity index (χ3n) is 2.94. The van der Waals surface area contributed by atoms with E-state index in [1.54, 1.807) is 20.4 Å². The van der Waals surface area contributed by atoms with Crippen molar-refractivity contribution in [1.82, 2.24) is 0 Å². The molecule has 1 rings (SSSR count). The molecule has 0 bridgehead atoms. The third-order valence-corrected chi connectivity index (χ3v) is 3.96. The summed E-state index contributed by atoms with van der Waals surface area (Å²) in [5.74, 6) is 0. The molecule has 0 saturated carbocycles. The van der Waals surface area contributed by atoms with E-state index in [4.69, 9.17) is 9.47 Å². The summed E-state index contributed by atoms with van der Waals surface area (Å²) in [4.78, 5) is 0.741. The molecule has 0 N–H and O–H groups in total. The maximum Gasteiger partial charge on any atom is 0.172 e.